The summed E-state index contributed by atoms with van der Waals surface area (Å²) in [6.45, 7) is -1.78. The summed E-state index contributed by atoms with van der Waals surface area (Å²) in [5.74, 6) is 0.175. The molecule has 0 fully saturated rings. The van der Waals surface area contributed by atoms with Gasteiger partial charge < -0.3 is 8.98 Å². The molecule has 0 N–H and O–H groups in total. The van der Waals surface area contributed by atoms with Crippen LogP contribution in [0.15, 0.2) is 114 Å². The normalized spacial score (nSPS) is 15.5. The number of imidazole rings is 1. The second-order valence-electron chi connectivity index (χ2n) is 13.7. The average molecular weight is 667 g/mol. The molecule has 4 nitrogen and oxygen atoms in total. The number of nitrogens with zero attached hydrogens (tertiary/aromatic N) is 3. The molecule has 0 aliphatic heterocycles. The van der Waals surface area contributed by atoms with E-state index in [4.69, 9.17) is 26.7 Å². The highest BCUT2D eigenvalue weighted by atomic mass is 19.1. The Kier molecular flexibility index (Phi) is 5.56. The van der Waals surface area contributed by atoms with Gasteiger partial charge in [0.2, 0.25) is 0 Å². The highest BCUT2D eigenvalue weighted by Crippen LogP contribution is 2.39. The summed E-state index contributed by atoms with van der Waals surface area (Å²) in [7, 11) is 0. The lowest BCUT2D eigenvalue weighted by Gasteiger charge is -2.26. The van der Waals surface area contributed by atoms with E-state index in [1.54, 1.807) is 12.1 Å². The highest BCUT2D eigenvalue weighted by Gasteiger charge is 2.23. The zero-order valence-corrected chi connectivity index (χ0v) is 27.9. The largest absolute Gasteiger partial charge is 0.454 e. The smallest absolute Gasteiger partial charge is 0.154 e. The van der Waals surface area contributed by atoms with Crippen molar-refractivity contribution >= 4 is 33.1 Å². The molecule has 0 saturated heterocycles. The molecule has 0 aliphatic rings. The number of para-hydroxylation sites is 1. The van der Waals surface area contributed by atoms with Gasteiger partial charge >= 0.3 is 0 Å². The van der Waals surface area contributed by atoms with Crippen LogP contribution in [0.5, 0.6) is 0 Å². The van der Waals surface area contributed by atoms with Crippen molar-refractivity contribution in [2.45, 2.75) is 59.7 Å². The van der Waals surface area contributed by atoms with Gasteiger partial charge in [0.25, 0.3) is 0 Å². The van der Waals surface area contributed by atoms with Crippen LogP contribution in [0.2, 0.25) is 0 Å². The van der Waals surface area contributed by atoms with Gasteiger partial charge in [-0.1, -0.05) is 87.5 Å². The van der Waals surface area contributed by atoms with Crippen molar-refractivity contribution in [3.63, 3.8) is 0 Å². The third-order valence-electron chi connectivity index (χ3n) is 9.41. The number of hydrogen-bond acceptors (Lipinski definition) is 3. The maximum Gasteiger partial charge on any atom is 0.154 e. The predicted molar refractivity (Wildman–Crippen MR) is 204 cm³/mol. The number of hydrogen-bond donors (Lipinski definition) is 0. The van der Waals surface area contributed by atoms with Gasteiger partial charge in [-0.2, -0.15) is 0 Å². The summed E-state index contributed by atoms with van der Waals surface area (Å²) in [6.07, 6.45) is 2.10. The van der Waals surface area contributed by atoms with Gasteiger partial charge in [-0.15, -0.1) is 0 Å². The number of aryl methyl sites for hydroxylation is 3. The quantitative estimate of drug-likeness (QED) is 0.177. The van der Waals surface area contributed by atoms with Gasteiger partial charge in [-0.3, -0.25) is 4.98 Å². The van der Waals surface area contributed by atoms with E-state index >= 15 is 0 Å². The lowest BCUT2D eigenvalue weighted by Crippen LogP contribution is -2.16. The summed E-state index contributed by atoms with van der Waals surface area (Å²) in [5, 5.41) is 0.669. The van der Waals surface area contributed by atoms with Crippen molar-refractivity contribution in [1.82, 2.24) is 14.5 Å². The zero-order chi connectivity index (χ0) is 42.2. The fraction of sp³-hybridized carbons (Fsp3) is 0.200. The Bertz CT molecular complexity index is 2870. The lowest BCUT2D eigenvalue weighted by molar-refractivity contribution is 0.577. The molecule has 0 amide bonds. The van der Waals surface area contributed by atoms with Crippen molar-refractivity contribution in [1.29, 1.82) is 0 Å². The maximum absolute atomic E-state index is 15.0. The van der Waals surface area contributed by atoms with Crippen LogP contribution in [0, 0.1) is 26.4 Å². The molecule has 0 atom stereocenters. The molecular weight excluding hydrogens is 618 g/mol. The first kappa shape index (κ1) is 23.0. The summed E-state index contributed by atoms with van der Waals surface area (Å²) in [4.78, 5) is 9.73. The fourth-order valence-electron chi connectivity index (χ4n) is 7.01. The van der Waals surface area contributed by atoms with Gasteiger partial charge in [0.15, 0.2) is 5.58 Å². The first-order valence-corrected chi connectivity index (χ1v) is 16.6. The Morgan fingerprint density at radius 3 is 2.32 bits per heavy atom. The molecule has 0 spiro atoms. The monoisotopic (exact) mass is 666 g/mol. The average Bonchev–Trinajstić information content (AvgIpc) is 3.72. The van der Waals surface area contributed by atoms with E-state index in [-0.39, 0.29) is 16.8 Å². The van der Waals surface area contributed by atoms with Gasteiger partial charge in [-0.05, 0) is 113 Å². The molecule has 5 heteroatoms. The first-order chi connectivity index (χ1) is 27.7. The van der Waals surface area contributed by atoms with Crippen LogP contribution in [-0.4, -0.2) is 14.5 Å². The first-order valence-electron chi connectivity index (χ1n) is 21.1. The zero-order valence-electron chi connectivity index (χ0n) is 36.9. The van der Waals surface area contributed by atoms with Gasteiger partial charge in [0.05, 0.1) is 16.6 Å². The molecule has 0 radical (unpaired) electrons. The Hall–Kier alpha value is -5.55. The van der Waals surface area contributed by atoms with Crippen LogP contribution in [0.3, 0.4) is 0 Å². The Morgan fingerprint density at radius 1 is 0.780 bits per heavy atom. The molecule has 8 aromatic rings. The molecule has 3 aromatic heterocycles. The molecule has 0 unspecified atom stereocenters. The Morgan fingerprint density at radius 2 is 1.56 bits per heavy atom. The van der Waals surface area contributed by atoms with Crippen molar-refractivity contribution in [3.05, 3.63) is 143 Å². The molecule has 0 saturated carbocycles. The minimum absolute atomic E-state index is 0.155. The van der Waals surface area contributed by atoms with Crippen LogP contribution in [-0.2, 0) is 18.4 Å². The number of pyridine rings is 1. The number of fused-ring (bicyclic) bond motifs is 4. The molecule has 0 bridgehead atoms. The van der Waals surface area contributed by atoms with Crippen LogP contribution in [0.1, 0.15) is 60.9 Å². The van der Waals surface area contributed by atoms with E-state index < -0.39 is 37.2 Å². The molecule has 3 heterocycles. The number of rotatable bonds is 6. The van der Waals surface area contributed by atoms with E-state index in [1.807, 2.05) is 41.0 Å². The van der Waals surface area contributed by atoms with Crippen LogP contribution in [0.4, 0.5) is 4.39 Å². The van der Waals surface area contributed by atoms with Crippen molar-refractivity contribution in [2.75, 3.05) is 0 Å². The number of halogens is 1. The molecular formula is C45H40FN3O. The van der Waals surface area contributed by atoms with Crippen molar-refractivity contribution in [2.24, 2.45) is 0 Å². The third kappa shape index (κ3) is 5.47. The van der Waals surface area contributed by atoms with Crippen molar-refractivity contribution in [3.8, 4) is 33.6 Å². The molecule has 0 aliphatic carbocycles. The van der Waals surface area contributed by atoms with E-state index in [0.717, 1.165) is 11.1 Å². The third-order valence-corrected chi connectivity index (χ3v) is 9.41. The second-order valence-corrected chi connectivity index (χ2v) is 13.7. The van der Waals surface area contributed by atoms with Crippen LogP contribution >= 0.6 is 0 Å². The minimum Gasteiger partial charge on any atom is -0.454 e. The number of aromatic nitrogens is 3. The number of benzene rings is 5. The molecule has 50 heavy (non-hydrogen) atoms. The van der Waals surface area contributed by atoms with E-state index in [1.165, 1.54) is 41.6 Å². The Balaban J connectivity index is 1.28. The lowest BCUT2D eigenvalue weighted by atomic mass is 9.80. The Labute approximate surface area is 304 Å². The minimum atomic E-state index is -2.99. The van der Waals surface area contributed by atoms with E-state index in [2.05, 4.69) is 51.1 Å². The summed E-state index contributed by atoms with van der Waals surface area (Å²) < 4.78 is 96.5. The maximum atomic E-state index is 15.0. The predicted octanol–water partition coefficient (Wildman–Crippen LogP) is 11.9. The number of furan rings is 1. The SMILES string of the molecule is [2H]C([2H])([2H])c1cc(-c2cnc3c(c2)oc2c(-c4nc5ccc(F)cc5n4CCc4c(-c5ccccc5)cccc4C(C)(C)C)cccc23)cc(C([2H])([2H])[2H])c1C([2H])([2H])[2H]. The summed E-state index contributed by atoms with van der Waals surface area (Å²) >= 11 is 0. The van der Waals surface area contributed by atoms with E-state index in [0.29, 0.717) is 63.0 Å². The summed E-state index contributed by atoms with van der Waals surface area (Å²) in [6, 6.07) is 30.8. The fourth-order valence-corrected chi connectivity index (χ4v) is 7.01. The van der Waals surface area contributed by atoms with E-state index in [9.17, 15) is 4.39 Å². The topological polar surface area (TPSA) is 43.9 Å². The molecule has 5 aromatic carbocycles. The van der Waals surface area contributed by atoms with Crippen LogP contribution in [0.25, 0.3) is 66.7 Å². The van der Waals surface area contributed by atoms with Gasteiger partial charge in [0.1, 0.15) is 22.7 Å². The summed E-state index contributed by atoms with van der Waals surface area (Å²) in [5.41, 5.74) is 6.30. The van der Waals surface area contributed by atoms with Crippen LogP contribution < -0.4 is 0 Å². The highest BCUT2D eigenvalue weighted by molar-refractivity contribution is 6.08. The molecule has 248 valence electrons. The second kappa shape index (κ2) is 12.1. The van der Waals surface area contributed by atoms with Gasteiger partial charge in [0, 0.05) is 36.0 Å². The van der Waals surface area contributed by atoms with Crippen molar-refractivity contribution < 1.29 is 21.1 Å². The van der Waals surface area contributed by atoms with Gasteiger partial charge in [-0.25, -0.2) is 9.37 Å². The standard InChI is InChI=1S/C45H40FN3O/c1-27-22-31(23-28(2)29(27)3)32-24-41-42(47-26-32)36-15-10-16-37(43(36)50-41)44-48-39-19-18-33(46)25-40(39)49(44)21-20-35-34(30-12-8-7-9-13-30)14-11-17-38(35)45(4,5)6/h7-19,22-26H,20-21H2,1-6H3/i1D3,2D3,3D3. The molecule has 8 rings (SSSR count).